The van der Waals surface area contributed by atoms with Gasteiger partial charge >= 0.3 is 0 Å². The number of nitrogens with zero attached hydrogens (tertiary/aromatic N) is 1. The lowest BCUT2D eigenvalue weighted by Gasteiger charge is -2.09. The highest BCUT2D eigenvalue weighted by Gasteiger charge is 2.30. The first-order valence-electron chi connectivity index (χ1n) is 6.19. The number of rotatable bonds is 5. The fourth-order valence-corrected chi connectivity index (χ4v) is 5.40. The third-order valence-electron chi connectivity index (χ3n) is 3.38. The zero-order valence-corrected chi connectivity index (χ0v) is 12.7. The van der Waals surface area contributed by atoms with E-state index >= 15 is 0 Å². The Morgan fingerprint density at radius 3 is 2.75 bits per heavy atom. The molecule has 1 saturated heterocycles. The van der Waals surface area contributed by atoms with Crippen molar-refractivity contribution in [3.8, 4) is 0 Å². The average molecular weight is 322 g/mol. The molecule has 0 aliphatic carbocycles. The molecule has 0 radical (unpaired) electrons. The molecule has 8 nitrogen and oxygen atoms in total. The summed E-state index contributed by atoms with van der Waals surface area (Å²) < 4.78 is 49.4. The Kier molecular flexibility index (Phi) is 4.19. The molecule has 10 heteroatoms. The van der Waals surface area contributed by atoms with Crippen molar-refractivity contribution in [2.24, 2.45) is 11.7 Å². The van der Waals surface area contributed by atoms with Gasteiger partial charge in [-0.25, -0.2) is 21.6 Å². The fourth-order valence-electron chi connectivity index (χ4n) is 2.22. The van der Waals surface area contributed by atoms with Crippen LogP contribution in [0.25, 0.3) is 0 Å². The zero-order valence-electron chi connectivity index (χ0n) is 11.1. The van der Waals surface area contributed by atoms with Gasteiger partial charge in [0.15, 0.2) is 14.9 Å². The van der Waals surface area contributed by atoms with Crippen LogP contribution >= 0.6 is 0 Å². The Bertz CT molecular complexity index is 693. The maximum absolute atomic E-state index is 12.1. The number of sulfonamides is 1. The molecule has 1 atom stereocenters. The summed E-state index contributed by atoms with van der Waals surface area (Å²) in [6, 6.07) is 0. The van der Waals surface area contributed by atoms with Crippen molar-refractivity contribution in [2.75, 3.05) is 18.1 Å². The van der Waals surface area contributed by atoms with E-state index < -0.39 is 19.9 Å². The number of aryl methyl sites for hydroxylation is 1. The number of sulfone groups is 1. The van der Waals surface area contributed by atoms with E-state index in [1.807, 2.05) is 0 Å². The topological polar surface area (TPSA) is 135 Å². The summed E-state index contributed by atoms with van der Waals surface area (Å²) in [4.78, 5) is 0. The maximum atomic E-state index is 12.1. The van der Waals surface area contributed by atoms with E-state index in [9.17, 15) is 16.8 Å². The fraction of sp³-hybridized carbons (Fsp3) is 0.700. The van der Waals surface area contributed by atoms with E-state index in [-0.39, 0.29) is 35.5 Å². The van der Waals surface area contributed by atoms with E-state index in [0.717, 1.165) is 0 Å². The van der Waals surface area contributed by atoms with E-state index in [1.165, 1.54) is 0 Å². The summed E-state index contributed by atoms with van der Waals surface area (Å²) in [5.41, 5.74) is 6.56. The van der Waals surface area contributed by atoms with Crippen molar-refractivity contribution in [3.63, 3.8) is 0 Å². The number of aromatic amines is 1. The normalized spacial score (nSPS) is 22.2. The lowest BCUT2D eigenvalue weighted by atomic mass is 10.1. The van der Waals surface area contributed by atoms with Crippen LogP contribution in [0, 0.1) is 12.8 Å². The maximum Gasteiger partial charge on any atom is 0.260 e. The first-order valence-corrected chi connectivity index (χ1v) is 9.49. The molecule has 1 aliphatic rings. The lowest BCUT2D eigenvalue weighted by molar-refractivity contribution is 0.540. The van der Waals surface area contributed by atoms with Crippen LogP contribution in [0.3, 0.4) is 0 Å². The molecule has 1 aliphatic heterocycles. The second kappa shape index (κ2) is 5.43. The monoisotopic (exact) mass is 322 g/mol. The predicted molar refractivity (Wildman–Crippen MR) is 73.2 cm³/mol. The van der Waals surface area contributed by atoms with Crippen LogP contribution < -0.4 is 10.5 Å². The van der Waals surface area contributed by atoms with Gasteiger partial charge in [-0.3, -0.25) is 5.10 Å². The molecule has 0 aromatic carbocycles. The molecule has 1 aromatic heterocycles. The molecule has 1 aromatic rings. The summed E-state index contributed by atoms with van der Waals surface area (Å²) in [6.45, 7) is 1.85. The Morgan fingerprint density at radius 1 is 1.50 bits per heavy atom. The van der Waals surface area contributed by atoms with Gasteiger partial charge in [-0.2, -0.15) is 5.10 Å². The van der Waals surface area contributed by atoms with Crippen LogP contribution in [0.1, 0.15) is 17.7 Å². The van der Waals surface area contributed by atoms with Gasteiger partial charge in [-0.05, 0) is 19.3 Å². The number of hydrogen-bond acceptors (Lipinski definition) is 6. The van der Waals surface area contributed by atoms with Crippen molar-refractivity contribution in [1.29, 1.82) is 0 Å². The predicted octanol–water partition coefficient (Wildman–Crippen LogP) is -1.11. The molecule has 0 saturated carbocycles. The van der Waals surface area contributed by atoms with E-state index in [2.05, 4.69) is 14.9 Å². The van der Waals surface area contributed by atoms with Gasteiger partial charge in [-0.1, -0.05) is 0 Å². The molecule has 1 unspecified atom stereocenters. The molecule has 0 bridgehead atoms. The van der Waals surface area contributed by atoms with Crippen molar-refractivity contribution in [3.05, 3.63) is 11.3 Å². The Hall–Kier alpha value is -0.970. The van der Waals surface area contributed by atoms with Crippen LogP contribution in [0.15, 0.2) is 5.03 Å². The molecule has 0 amide bonds. The van der Waals surface area contributed by atoms with Gasteiger partial charge in [-0.15, -0.1) is 0 Å². The smallest absolute Gasteiger partial charge is 0.260 e. The molecule has 20 heavy (non-hydrogen) atoms. The van der Waals surface area contributed by atoms with E-state index in [4.69, 9.17) is 5.73 Å². The van der Waals surface area contributed by atoms with Crippen LogP contribution in [0.5, 0.6) is 0 Å². The molecule has 0 spiro atoms. The van der Waals surface area contributed by atoms with E-state index in [0.29, 0.717) is 17.7 Å². The number of H-pyrrole nitrogens is 1. The standard InChI is InChI=1S/C10H18N4O4S2/c1-7-9(4-11)10(14-13-7)20(17,18)12-5-8-2-3-19(15,16)6-8/h8,12H,2-6,11H2,1H3,(H,13,14). The van der Waals surface area contributed by atoms with Crippen molar-refractivity contribution >= 4 is 19.9 Å². The number of aromatic nitrogens is 2. The zero-order chi connectivity index (χ0) is 15.0. The summed E-state index contributed by atoms with van der Waals surface area (Å²) in [5.74, 6) is -0.0375. The minimum Gasteiger partial charge on any atom is -0.326 e. The Morgan fingerprint density at radius 2 is 2.20 bits per heavy atom. The van der Waals surface area contributed by atoms with Crippen LogP contribution in [-0.4, -0.2) is 45.1 Å². The van der Waals surface area contributed by atoms with Crippen molar-refractivity contribution < 1.29 is 16.8 Å². The molecule has 4 N–H and O–H groups in total. The highest BCUT2D eigenvalue weighted by molar-refractivity contribution is 7.91. The van der Waals surface area contributed by atoms with Crippen LogP contribution in [-0.2, 0) is 26.4 Å². The summed E-state index contributed by atoms with van der Waals surface area (Å²) in [5, 5.41) is 6.24. The molecule has 1 fully saturated rings. The Balaban J connectivity index is 2.08. The van der Waals surface area contributed by atoms with Crippen LogP contribution in [0.4, 0.5) is 0 Å². The number of nitrogens with two attached hydrogens (primary N) is 1. The minimum absolute atomic E-state index is 0.0266. The van der Waals surface area contributed by atoms with Gasteiger partial charge < -0.3 is 5.73 Å². The lowest BCUT2D eigenvalue weighted by Crippen LogP contribution is -2.31. The molecular formula is C10H18N4O4S2. The largest absolute Gasteiger partial charge is 0.326 e. The highest BCUT2D eigenvalue weighted by Crippen LogP contribution is 2.19. The van der Waals surface area contributed by atoms with Gasteiger partial charge in [0.1, 0.15) is 0 Å². The van der Waals surface area contributed by atoms with Gasteiger partial charge in [0.05, 0.1) is 11.5 Å². The second-order valence-electron chi connectivity index (χ2n) is 4.96. The quantitative estimate of drug-likeness (QED) is 0.629. The summed E-state index contributed by atoms with van der Waals surface area (Å²) in [6.07, 6.45) is 0.480. The van der Waals surface area contributed by atoms with E-state index in [1.54, 1.807) is 6.92 Å². The van der Waals surface area contributed by atoms with Gasteiger partial charge in [0, 0.05) is 24.3 Å². The third kappa shape index (κ3) is 3.19. The number of hydrogen-bond donors (Lipinski definition) is 3. The summed E-state index contributed by atoms with van der Waals surface area (Å²) in [7, 11) is -6.79. The summed E-state index contributed by atoms with van der Waals surface area (Å²) >= 11 is 0. The molecule has 2 rings (SSSR count). The first kappa shape index (κ1) is 15.4. The average Bonchev–Trinajstić information content (AvgIpc) is 2.90. The number of nitrogens with one attached hydrogen (secondary N) is 2. The second-order valence-corrected chi connectivity index (χ2v) is 8.87. The first-order chi connectivity index (χ1) is 9.25. The van der Waals surface area contributed by atoms with Crippen molar-refractivity contribution in [1.82, 2.24) is 14.9 Å². The third-order valence-corrected chi connectivity index (χ3v) is 6.61. The molecular weight excluding hydrogens is 304 g/mol. The minimum atomic E-state index is -3.77. The van der Waals surface area contributed by atoms with Crippen molar-refractivity contribution in [2.45, 2.75) is 24.9 Å². The Labute approximate surface area is 118 Å². The molecule has 2 heterocycles. The van der Waals surface area contributed by atoms with Crippen LogP contribution in [0.2, 0.25) is 0 Å². The highest BCUT2D eigenvalue weighted by atomic mass is 32.2. The SMILES string of the molecule is Cc1[nH]nc(S(=O)(=O)NCC2CCS(=O)(=O)C2)c1CN. The van der Waals surface area contributed by atoms with Gasteiger partial charge in [0.25, 0.3) is 10.0 Å². The van der Waals surface area contributed by atoms with Gasteiger partial charge in [0.2, 0.25) is 0 Å². The molecule has 114 valence electrons.